The maximum Gasteiger partial charge on any atom is 0.256 e. The summed E-state index contributed by atoms with van der Waals surface area (Å²) >= 11 is 0. The maximum absolute atomic E-state index is 12.6. The highest BCUT2D eigenvalue weighted by Gasteiger charge is 2.32. The molecule has 0 saturated carbocycles. The molecule has 3 rings (SSSR count). The molecule has 0 aliphatic carbocycles. The van der Waals surface area contributed by atoms with Gasteiger partial charge in [0.05, 0.1) is 23.8 Å². The minimum absolute atomic E-state index is 0.0899. The summed E-state index contributed by atoms with van der Waals surface area (Å²) in [4.78, 5) is 47.9. The van der Waals surface area contributed by atoms with Gasteiger partial charge in [0.15, 0.2) is 0 Å². The van der Waals surface area contributed by atoms with Gasteiger partial charge in [-0.1, -0.05) is 13.8 Å². The van der Waals surface area contributed by atoms with Crippen LogP contribution in [-0.2, 0) is 22.6 Å². The Morgan fingerprint density at radius 1 is 1.24 bits per heavy atom. The van der Waals surface area contributed by atoms with Gasteiger partial charge in [0.2, 0.25) is 11.8 Å². The zero-order valence-electron chi connectivity index (χ0n) is 15.0. The summed E-state index contributed by atoms with van der Waals surface area (Å²) in [5.41, 5.74) is 1.19. The Hall–Kier alpha value is -2.18. The van der Waals surface area contributed by atoms with Gasteiger partial charge in [-0.2, -0.15) is 0 Å². The van der Waals surface area contributed by atoms with Crippen molar-refractivity contribution in [1.29, 1.82) is 0 Å². The van der Waals surface area contributed by atoms with Crippen LogP contribution in [0.4, 0.5) is 0 Å². The Labute approximate surface area is 147 Å². The molecule has 1 aromatic heterocycles. The van der Waals surface area contributed by atoms with Crippen molar-refractivity contribution in [2.75, 3.05) is 13.1 Å². The number of carbonyl (C=O) groups is 2. The van der Waals surface area contributed by atoms with Crippen molar-refractivity contribution in [1.82, 2.24) is 19.8 Å². The van der Waals surface area contributed by atoms with E-state index < -0.39 is 0 Å². The summed E-state index contributed by atoms with van der Waals surface area (Å²) in [5.74, 6) is 0.780. The van der Waals surface area contributed by atoms with Crippen molar-refractivity contribution in [3.8, 4) is 0 Å². The number of fused-ring (bicyclic) bond motifs is 1. The van der Waals surface area contributed by atoms with Crippen LogP contribution in [0, 0.1) is 0 Å². The molecule has 2 aliphatic heterocycles. The molecule has 7 heteroatoms. The number of H-pyrrole nitrogens is 1. The summed E-state index contributed by atoms with van der Waals surface area (Å²) < 4.78 is 0. The summed E-state index contributed by atoms with van der Waals surface area (Å²) in [6.07, 6.45) is 4.12. The van der Waals surface area contributed by atoms with Crippen LogP contribution in [0.5, 0.6) is 0 Å². The number of aromatic nitrogens is 2. The topological polar surface area (TPSA) is 86.4 Å². The number of carbonyl (C=O) groups excluding carboxylic acids is 2. The minimum atomic E-state index is -0.176. The number of nitrogens with one attached hydrogen (secondary N) is 1. The fourth-order valence-corrected chi connectivity index (χ4v) is 3.74. The highest BCUT2D eigenvalue weighted by molar-refractivity contribution is 5.77. The number of hydrogen-bond donors (Lipinski definition) is 1. The van der Waals surface area contributed by atoms with E-state index in [2.05, 4.69) is 9.97 Å². The molecular weight excluding hydrogens is 320 g/mol. The van der Waals surface area contributed by atoms with E-state index in [1.165, 1.54) is 0 Å². The Balaban J connectivity index is 1.85. The van der Waals surface area contributed by atoms with E-state index >= 15 is 0 Å². The molecular formula is C18H26N4O3. The fraction of sp³-hybridized carbons (Fsp3) is 0.667. The Bertz CT molecular complexity index is 728. The van der Waals surface area contributed by atoms with Gasteiger partial charge < -0.3 is 14.8 Å². The van der Waals surface area contributed by atoms with Crippen LogP contribution in [0.2, 0.25) is 0 Å². The monoisotopic (exact) mass is 346 g/mol. The van der Waals surface area contributed by atoms with Gasteiger partial charge in [0, 0.05) is 32.4 Å². The number of aromatic amines is 1. The lowest BCUT2D eigenvalue weighted by Crippen LogP contribution is -2.40. The molecule has 1 saturated heterocycles. The zero-order valence-corrected chi connectivity index (χ0v) is 15.0. The summed E-state index contributed by atoms with van der Waals surface area (Å²) in [5, 5.41) is 0. The SMILES string of the molecule is CCCC(=O)N1CCc2nc([C@@H]3CCCN3C(=O)CC)[nH]c(=O)c2C1. The first kappa shape index (κ1) is 17.6. The van der Waals surface area contributed by atoms with Gasteiger partial charge in [-0.3, -0.25) is 14.4 Å². The smallest absolute Gasteiger partial charge is 0.256 e. The average molecular weight is 346 g/mol. The first-order valence-corrected chi connectivity index (χ1v) is 9.24. The lowest BCUT2D eigenvalue weighted by Gasteiger charge is -2.29. The lowest BCUT2D eigenvalue weighted by atomic mass is 10.1. The van der Waals surface area contributed by atoms with Crippen molar-refractivity contribution in [2.24, 2.45) is 0 Å². The van der Waals surface area contributed by atoms with Crippen LogP contribution in [0.15, 0.2) is 4.79 Å². The molecule has 0 spiro atoms. The highest BCUT2D eigenvalue weighted by atomic mass is 16.2. The van der Waals surface area contributed by atoms with E-state index in [-0.39, 0.29) is 23.4 Å². The molecule has 1 N–H and O–H groups in total. The van der Waals surface area contributed by atoms with Gasteiger partial charge in [0.25, 0.3) is 5.56 Å². The number of likely N-dealkylation sites (tertiary alicyclic amines) is 1. The second kappa shape index (κ2) is 7.37. The molecule has 0 bridgehead atoms. The van der Waals surface area contributed by atoms with Crippen molar-refractivity contribution in [2.45, 2.75) is 65.0 Å². The lowest BCUT2D eigenvalue weighted by molar-refractivity contribution is -0.133. The molecule has 2 amide bonds. The Kier molecular flexibility index (Phi) is 5.20. The number of rotatable bonds is 4. The van der Waals surface area contributed by atoms with Crippen molar-refractivity contribution < 1.29 is 9.59 Å². The minimum Gasteiger partial charge on any atom is -0.338 e. The normalized spacial score (nSPS) is 19.8. The highest BCUT2D eigenvalue weighted by Crippen LogP contribution is 2.30. The van der Waals surface area contributed by atoms with Gasteiger partial charge in [-0.15, -0.1) is 0 Å². The second-order valence-electron chi connectivity index (χ2n) is 6.79. The maximum atomic E-state index is 12.6. The molecule has 0 aromatic carbocycles. The van der Waals surface area contributed by atoms with Crippen LogP contribution in [-0.4, -0.2) is 44.7 Å². The largest absolute Gasteiger partial charge is 0.338 e. The van der Waals surface area contributed by atoms with Gasteiger partial charge in [-0.05, 0) is 19.3 Å². The van der Waals surface area contributed by atoms with E-state index in [9.17, 15) is 14.4 Å². The molecule has 136 valence electrons. The average Bonchev–Trinajstić information content (AvgIpc) is 3.10. The second-order valence-corrected chi connectivity index (χ2v) is 6.79. The third-order valence-corrected chi connectivity index (χ3v) is 5.09. The fourth-order valence-electron chi connectivity index (χ4n) is 3.74. The third-order valence-electron chi connectivity index (χ3n) is 5.09. The zero-order chi connectivity index (χ0) is 18.0. The molecule has 3 heterocycles. The quantitative estimate of drug-likeness (QED) is 0.896. The first-order valence-electron chi connectivity index (χ1n) is 9.24. The van der Waals surface area contributed by atoms with Crippen LogP contribution in [0.1, 0.15) is 69.1 Å². The van der Waals surface area contributed by atoms with E-state index in [1.807, 2.05) is 18.7 Å². The summed E-state index contributed by atoms with van der Waals surface area (Å²) in [6.45, 7) is 5.48. The predicted molar refractivity (Wildman–Crippen MR) is 92.9 cm³/mol. The summed E-state index contributed by atoms with van der Waals surface area (Å²) in [6, 6.07) is -0.134. The van der Waals surface area contributed by atoms with Crippen LogP contribution in [0.3, 0.4) is 0 Å². The third kappa shape index (κ3) is 3.45. The first-order chi connectivity index (χ1) is 12.0. The molecule has 1 fully saturated rings. The molecule has 1 aromatic rings. The van der Waals surface area contributed by atoms with Crippen molar-refractivity contribution in [3.63, 3.8) is 0 Å². The van der Waals surface area contributed by atoms with Crippen LogP contribution in [0.25, 0.3) is 0 Å². The molecule has 0 unspecified atom stereocenters. The van der Waals surface area contributed by atoms with Crippen molar-refractivity contribution >= 4 is 11.8 Å². The predicted octanol–water partition coefficient (Wildman–Crippen LogP) is 1.53. The summed E-state index contributed by atoms with van der Waals surface area (Å²) in [7, 11) is 0. The number of hydrogen-bond acceptors (Lipinski definition) is 4. The standard InChI is InChI=1S/C18H26N4O3/c1-3-6-16(24)21-10-8-13-12(11-21)18(25)20-17(19-13)14-7-5-9-22(14)15(23)4-2/h14H,3-11H2,1-2H3,(H,19,20,25)/t14-/m0/s1. The van der Waals surface area contributed by atoms with Crippen molar-refractivity contribution in [3.05, 3.63) is 27.4 Å². The van der Waals surface area contributed by atoms with Gasteiger partial charge in [-0.25, -0.2) is 4.98 Å². The van der Waals surface area contributed by atoms with Gasteiger partial charge in [0.1, 0.15) is 5.82 Å². The van der Waals surface area contributed by atoms with Gasteiger partial charge >= 0.3 is 0 Å². The molecule has 2 aliphatic rings. The number of nitrogens with zero attached hydrogens (tertiary/aromatic N) is 3. The molecule has 0 radical (unpaired) electrons. The molecule has 25 heavy (non-hydrogen) atoms. The number of amides is 2. The molecule has 1 atom stereocenters. The van der Waals surface area contributed by atoms with Crippen LogP contribution < -0.4 is 5.56 Å². The van der Waals surface area contributed by atoms with E-state index in [0.717, 1.165) is 31.5 Å². The Morgan fingerprint density at radius 3 is 2.76 bits per heavy atom. The molecule has 7 nitrogen and oxygen atoms in total. The van der Waals surface area contributed by atoms with E-state index in [4.69, 9.17) is 0 Å². The van der Waals surface area contributed by atoms with E-state index in [1.54, 1.807) is 4.90 Å². The Morgan fingerprint density at radius 2 is 2.04 bits per heavy atom. The van der Waals surface area contributed by atoms with Crippen LogP contribution >= 0.6 is 0 Å². The van der Waals surface area contributed by atoms with E-state index in [0.29, 0.717) is 43.7 Å².